The summed E-state index contributed by atoms with van der Waals surface area (Å²) in [5.74, 6) is 0.635. The molecule has 118 valence electrons. The Morgan fingerprint density at radius 3 is 2.50 bits per heavy atom. The lowest BCUT2D eigenvalue weighted by atomic mass is 10.2. The zero-order valence-electron chi connectivity index (χ0n) is 12.7. The number of aryl methyl sites for hydroxylation is 1. The van der Waals surface area contributed by atoms with Crippen LogP contribution in [-0.2, 0) is 12.8 Å². The molecule has 1 N–H and O–H groups in total. The van der Waals surface area contributed by atoms with Gasteiger partial charge in [0.2, 0.25) is 0 Å². The van der Waals surface area contributed by atoms with Crippen molar-refractivity contribution in [3.05, 3.63) is 39.8 Å². The summed E-state index contributed by atoms with van der Waals surface area (Å²) < 4.78 is 10.7. The van der Waals surface area contributed by atoms with Gasteiger partial charge in [-0.2, -0.15) is 0 Å². The number of thiazole rings is 1. The van der Waals surface area contributed by atoms with Crippen LogP contribution < -0.4 is 9.47 Å². The van der Waals surface area contributed by atoms with Gasteiger partial charge < -0.3 is 14.6 Å². The predicted octanol–water partition coefficient (Wildman–Crippen LogP) is 3.42. The zero-order valence-corrected chi connectivity index (χ0v) is 13.5. The van der Waals surface area contributed by atoms with Crippen LogP contribution in [0.15, 0.2) is 24.3 Å². The molecule has 2 aromatic rings. The summed E-state index contributed by atoms with van der Waals surface area (Å²) in [6.07, 6.45) is 2.17. The third kappa shape index (κ3) is 4.21. The number of carboxylic acid groups (broad SMARTS) is 1. The van der Waals surface area contributed by atoms with Gasteiger partial charge in [-0.15, -0.1) is 11.3 Å². The van der Waals surface area contributed by atoms with Crippen molar-refractivity contribution in [3.63, 3.8) is 0 Å². The minimum atomic E-state index is -0.900. The number of nitrogens with zero attached hydrogens (tertiary/aromatic N) is 1. The molecule has 0 saturated heterocycles. The number of carbonyl (C=O) groups is 1. The fourth-order valence-corrected chi connectivity index (χ4v) is 2.94. The molecule has 0 aliphatic rings. The highest BCUT2D eigenvalue weighted by atomic mass is 32.1. The maximum absolute atomic E-state index is 11.2. The fraction of sp³-hybridized carbons (Fsp3) is 0.375. The number of rotatable bonds is 8. The molecular weight excluding hydrogens is 302 g/mol. The first-order chi connectivity index (χ1) is 10.6. The second kappa shape index (κ2) is 7.79. The Morgan fingerprint density at radius 2 is 1.91 bits per heavy atom. The smallest absolute Gasteiger partial charge is 0.347 e. The lowest BCUT2D eigenvalue weighted by Crippen LogP contribution is -2.01. The van der Waals surface area contributed by atoms with Crippen molar-refractivity contribution in [1.29, 1.82) is 0 Å². The second-order valence-electron chi connectivity index (χ2n) is 4.71. The van der Waals surface area contributed by atoms with E-state index < -0.39 is 5.97 Å². The van der Waals surface area contributed by atoms with Crippen LogP contribution >= 0.6 is 11.3 Å². The normalized spacial score (nSPS) is 10.5. The first kappa shape index (κ1) is 16.3. The summed E-state index contributed by atoms with van der Waals surface area (Å²) in [4.78, 5) is 16.0. The minimum Gasteiger partial charge on any atom is -0.497 e. The Morgan fingerprint density at radius 1 is 1.23 bits per heavy atom. The van der Waals surface area contributed by atoms with Gasteiger partial charge in [-0.1, -0.05) is 13.3 Å². The van der Waals surface area contributed by atoms with Crippen molar-refractivity contribution in [2.75, 3.05) is 13.7 Å². The number of carboxylic acids is 1. The predicted molar refractivity (Wildman–Crippen MR) is 85.3 cm³/mol. The molecule has 0 bridgehead atoms. The summed E-state index contributed by atoms with van der Waals surface area (Å²) in [6.45, 7) is 2.47. The molecule has 0 saturated carbocycles. The van der Waals surface area contributed by atoms with Gasteiger partial charge in [-0.05, 0) is 30.7 Å². The van der Waals surface area contributed by atoms with Crippen molar-refractivity contribution in [2.45, 2.75) is 26.2 Å². The largest absolute Gasteiger partial charge is 0.497 e. The van der Waals surface area contributed by atoms with Gasteiger partial charge >= 0.3 is 5.97 Å². The van der Waals surface area contributed by atoms with Crippen molar-refractivity contribution in [2.24, 2.45) is 0 Å². The topological polar surface area (TPSA) is 68.7 Å². The third-order valence-electron chi connectivity index (χ3n) is 3.07. The molecule has 2 rings (SSSR count). The molecule has 0 fully saturated rings. The van der Waals surface area contributed by atoms with Gasteiger partial charge in [-0.25, -0.2) is 9.78 Å². The van der Waals surface area contributed by atoms with Crippen LogP contribution in [0.2, 0.25) is 0 Å². The van der Waals surface area contributed by atoms with E-state index >= 15 is 0 Å². The summed E-state index contributed by atoms with van der Waals surface area (Å²) in [6, 6.07) is 7.35. The Hall–Kier alpha value is -2.08. The van der Waals surface area contributed by atoms with Crippen LogP contribution in [0.3, 0.4) is 0 Å². The molecule has 0 amide bonds. The number of hydrogen-bond donors (Lipinski definition) is 1. The Balaban J connectivity index is 1.93. The molecule has 0 aliphatic heterocycles. The Labute approximate surface area is 133 Å². The van der Waals surface area contributed by atoms with Crippen molar-refractivity contribution in [1.82, 2.24) is 4.98 Å². The second-order valence-corrected chi connectivity index (χ2v) is 5.80. The molecule has 0 radical (unpaired) electrons. The number of hydrogen-bond acceptors (Lipinski definition) is 5. The molecular formula is C16H19NO4S. The number of benzene rings is 1. The lowest BCUT2D eigenvalue weighted by Gasteiger charge is -2.05. The van der Waals surface area contributed by atoms with Crippen molar-refractivity contribution in [3.8, 4) is 11.5 Å². The van der Waals surface area contributed by atoms with Crippen LogP contribution in [0.25, 0.3) is 0 Å². The average Bonchev–Trinajstić information content (AvgIpc) is 2.92. The van der Waals surface area contributed by atoms with Crippen LogP contribution in [-0.4, -0.2) is 29.8 Å². The van der Waals surface area contributed by atoms with Crippen LogP contribution in [0, 0.1) is 0 Å². The SMILES string of the molecule is CCCc1nc(CCOc2ccc(OC)cc2)sc1C(=O)O. The van der Waals surface area contributed by atoms with E-state index in [1.54, 1.807) is 7.11 Å². The quantitative estimate of drug-likeness (QED) is 0.807. The molecule has 1 aromatic carbocycles. The number of aromatic nitrogens is 1. The van der Waals surface area contributed by atoms with Gasteiger partial charge in [-0.3, -0.25) is 0 Å². The molecule has 1 heterocycles. The summed E-state index contributed by atoms with van der Waals surface area (Å²) in [7, 11) is 1.62. The Bertz CT molecular complexity index is 622. The highest BCUT2D eigenvalue weighted by Crippen LogP contribution is 2.21. The maximum Gasteiger partial charge on any atom is 0.347 e. The third-order valence-corrected chi connectivity index (χ3v) is 4.21. The van der Waals surface area contributed by atoms with E-state index in [4.69, 9.17) is 9.47 Å². The molecule has 0 unspecified atom stereocenters. The molecule has 5 nitrogen and oxygen atoms in total. The van der Waals surface area contributed by atoms with E-state index in [2.05, 4.69) is 4.98 Å². The van der Waals surface area contributed by atoms with Gasteiger partial charge in [0.15, 0.2) is 0 Å². The monoisotopic (exact) mass is 321 g/mol. The number of ether oxygens (including phenoxy) is 2. The number of methoxy groups -OCH3 is 1. The molecule has 1 aromatic heterocycles. The van der Waals surface area contributed by atoms with E-state index in [-0.39, 0.29) is 0 Å². The van der Waals surface area contributed by atoms with Gasteiger partial charge in [0, 0.05) is 6.42 Å². The zero-order chi connectivity index (χ0) is 15.9. The van der Waals surface area contributed by atoms with Crippen molar-refractivity contribution >= 4 is 17.3 Å². The van der Waals surface area contributed by atoms with E-state index in [9.17, 15) is 9.90 Å². The highest BCUT2D eigenvalue weighted by Gasteiger charge is 2.16. The van der Waals surface area contributed by atoms with Crippen LogP contribution in [0.4, 0.5) is 0 Å². The minimum absolute atomic E-state index is 0.348. The van der Waals surface area contributed by atoms with Crippen LogP contribution in [0.1, 0.15) is 33.7 Å². The van der Waals surface area contributed by atoms with Gasteiger partial charge in [0.05, 0.1) is 24.4 Å². The molecule has 0 spiro atoms. The number of aromatic carboxylic acids is 1. The summed E-state index contributed by atoms with van der Waals surface area (Å²) in [5, 5.41) is 9.99. The van der Waals surface area contributed by atoms with Gasteiger partial charge in [0.1, 0.15) is 16.4 Å². The molecule has 22 heavy (non-hydrogen) atoms. The van der Waals surface area contributed by atoms with E-state index in [0.717, 1.165) is 22.9 Å². The maximum atomic E-state index is 11.2. The van der Waals surface area contributed by atoms with Crippen LogP contribution in [0.5, 0.6) is 11.5 Å². The lowest BCUT2D eigenvalue weighted by molar-refractivity contribution is 0.0700. The average molecular weight is 321 g/mol. The Kier molecular flexibility index (Phi) is 5.77. The summed E-state index contributed by atoms with van der Waals surface area (Å²) in [5.41, 5.74) is 0.680. The summed E-state index contributed by atoms with van der Waals surface area (Å²) >= 11 is 1.24. The van der Waals surface area contributed by atoms with Crippen molar-refractivity contribution < 1.29 is 19.4 Å². The van der Waals surface area contributed by atoms with Gasteiger partial charge in [0.25, 0.3) is 0 Å². The fourth-order valence-electron chi connectivity index (χ4n) is 2.01. The highest BCUT2D eigenvalue weighted by molar-refractivity contribution is 7.13. The molecule has 0 aliphatic carbocycles. The molecule has 6 heteroatoms. The first-order valence-corrected chi connectivity index (χ1v) is 7.94. The van der Waals surface area contributed by atoms with E-state index in [0.29, 0.717) is 30.0 Å². The van der Waals surface area contributed by atoms with E-state index in [1.165, 1.54) is 11.3 Å². The first-order valence-electron chi connectivity index (χ1n) is 7.12. The van der Waals surface area contributed by atoms with E-state index in [1.807, 2.05) is 31.2 Å². The molecule has 0 atom stereocenters. The standard InChI is InChI=1S/C16H19NO4S/c1-3-4-13-15(16(18)19)22-14(17-13)9-10-21-12-7-5-11(20-2)6-8-12/h5-8H,3-4,9-10H2,1-2H3,(H,18,19).